The van der Waals surface area contributed by atoms with E-state index in [2.05, 4.69) is 23.1 Å². The molecule has 76 valence electrons. The van der Waals surface area contributed by atoms with Crippen molar-refractivity contribution in [3.05, 3.63) is 24.0 Å². The summed E-state index contributed by atoms with van der Waals surface area (Å²) in [4.78, 5) is 3.97. The summed E-state index contributed by atoms with van der Waals surface area (Å²) in [6.07, 6.45) is 8.43. The molecule has 1 aromatic heterocycles. The Hall–Kier alpha value is -2.00. The zero-order valence-electron chi connectivity index (χ0n) is 8.70. The normalized spacial score (nSPS) is 11.1. The Morgan fingerprint density at radius 1 is 1.67 bits per heavy atom. The van der Waals surface area contributed by atoms with Gasteiger partial charge in [0.15, 0.2) is 5.69 Å². The maximum absolute atomic E-state index is 8.84. The van der Waals surface area contributed by atoms with E-state index in [-0.39, 0.29) is 6.04 Å². The molecule has 1 atom stereocenters. The number of anilines is 1. The number of hydrogen-bond acceptors (Lipinski definition) is 3. The molecule has 15 heavy (non-hydrogen) atoms. The number of nitrogens with zero attached hydrogens (tertiary/aromatic N) is 2. The smallest absolute Gasteiger partial charge is 0.163 e. The van der Waals surface area contributed by atoms with Crippen molar-refractivity contribution in [3.63, 3.8) is 0 Å². The molecule has 0 fully saturated rings. The Balaban J connectivity index is 2.80. The van der Waals surface area contributed by atoms with E-state index in [9.17, 15) is 0 Å². The highest BCUT2D eigenvalue weighted by molar-refractivity contribution is 5.53. The van der Waals surface area contributed by atoms with Gasteiger partial charge in [-0.05, 0) is 18.6 Å². The topological polar surface area (TPSA) is 48.7 Å². The van der Waals surface area contributed by atoms with Gasteiger partial charge in [0.25, 0.3) is 0 Å². The molecule has 1 unspecified atom stereocenters. The van der Waals surface area contributed by atoms with Crippen LogP contribution in [0, 0.1) is 23.7 Å². The summed E-state index contributed by atoms with van der Waals surface area (Å²) >= 11 is 0. The van der Waals surface area contributed by atoms with Crippen molar-refractivity contribution in [2.45, 2.75) is 25.8 Å². The Bertz CT molecular complexity index is 398. The minimum atomic E-state index is 0.200. The van der Waals surface area contributed by atoms with E-state index in [1.54, 1.807) is 12.3 Å². The Morgan fingerprint density at radius 2 is 2.47 bits per heavy atom. The number of rotatable bonds is 4. The van der Waals surface area contributed by atoms with Crippen molar-refractivity contribution in [1.82, 2.24) is 4.98 Å². The predicted molar refractivity (Wildman–Crippen MR) is 60.1 cm³/mol. The van der Waals surface area contributed by atoms with E-state index in [0.717, 1.165) is 12.1 Å². The highest BCUT2D eigenvalue weighted by Gasteiger charge is 2.07. The molecule has 0 aliphatic heterocycles. The minimum Gasteiger partial charge on any atom is -0.379 e. The lowest BCUT2D eigenvalue weighted by molar-refractivity contribution is 0.714. The fourth-order valence-electron chi connectivity index (χ4n) is 1.27. The fourth-order valence-corrected chi connectivity index (χ4v) is 1.27. The Kier molecular flexibility index (Phi) is 4.19. The average Bonchev–Trinajstić information content (AvgIpc) is 2.29. The van der Waals surface area contributed by atoms with Crippen molar-refractivity contribution in [2.75, 3.05) is 5.32 Å². The van der Waals surface area contributed by atoms with Crippen LogP contribution < -0.4 is 5.32 Å². The summed E-state index contributed by atoms with van der Waals surface area (Å²) in [5.74, 6) is 2.61. The maximum Gasteiger partial charge on any atom is 0.163 e. The van der Waals surface area contributed by atoms with Crippen molar-refractivity contribution < 1.29 is 0 Å². The van der Waals surface area contributed by atoms with Gasteiger partial charge in [0, 0.05) is 18.7 Å². The van der Waals surface area contributed by atoms with Crippen molar-refractivity contribution in [1.29, 1.82) is 5.26 Å². The molecule has 1 N–H and O–H groups in total. The van der Waals surface area contributed by atoms with Crippen LogP contribution in [0.3, 0.4) is 0 Å². The number of terminal acetylenes is 1. The van der Waals surface area contributed by atoms with Crippen LogP contribution in [0.1, 0.15) is 25.5 Å². The second-order valence-corrected chi connectivity index (χ2v) is 3.17. The zero-order chi connectivity index (χ0) is 11.1. The second kappa shape index (κ2) is 5.67. The summed E-state index contributed by atoms with van der Waals surface area (Å²) in [7, 11) is 0. The van der Waals surface area contributed by atoms with Gasteiger partial charge < -0.3 is 5.32 Å². The Morgan fingerprint density at radius 3 is 3.07 bits per heavy atom. The number of pyridine rings is 1. The van der Waals surface area contributed by atoms with E-state index >= 15 is 0 Å². The first kappa shape index (κ1) is 11.1. The lowest BCUT2D eigenvalue weighted by Crippen LogP contribution is -2.18. The molecule has 3 heteroatoms. The Labute approximate surface area is 90.1 Å². The predicted octanol–water partition coefficient (Wildman–Crippen LogP) is 2.17. The van der Waals surface area contributed by atoms with Gasteiger partial charge in [-0.15, -0.1) is 12.3 Å². The molecular weight excluding hydrogens is 186 g/mol. The molecule has 0 saturated heterocycles. The lowest BCUT2D eigenvalue weighted by Gasteiger charge is -2.15. The standard InChI is InChI=1S/C12H13N3/c1-3-6-10(4-2)15-11-7-5-8-14-12(11)9-13/h1,5,7-8,10,15H,4,6H2,2H3. The SMILES string of the molecule is C#CCC(CC)Nc1cccnc1C#N. The number of aromatic nitrogens is 1. The van der Waals surface area contributed by atoms with Crippen LogP contribution in [-0.2, 0) is 0 Å². The molecule has 0 aliphatic rings. The van der Waals surface area contributed by atoms with Gasteiger partial charge in [-0.3, -0.25) is 0 Å². The number of nitrogens with one attached hydrogen (secondary N) is 1. The van der Waals surface area contributed by atoms with Gasteiger partial charge in [0.1, 0.15) is 6.07 Å². The summed E-state index contributed by atoms with van der Waals surface area (Å²) in [6, 6.07) is 5.88. The molecule has 0 radical (unpaired) electrons. The van der Waals surface area contributed by atoms with Crippen molar-refractivity contribution in [2.24, 2.45) is 0 Å². The third-order valence-corrected chi connectivity index (χ3v) is 2.13. The molecule has 0 aliphatic carbocycles. The van der Waals surface area contributed by atoms with Crippen LogP contribution in [0.5, 0.6) is 0 Å². The van der Waals surface area contributed by atoms with Crippen LogP contribution in [0.2, 0.25) is 0 Å². The van der Waals surface area contributed by atoms with Gasteiger partial charge in [-0.2, -0.15) is 5.26 Å². The molecule has 0 bridgehead atoms. The van der Waals surface area contributed by atoms with Crippen molar-refractivity contribution in [3.8, 4) is 18.4 Å². The average molecular weight is 199 g/mol. The molecule has 1 aromatic rings. The molecule has 0 amide bonds. The van der Waals surface area contributed by atoms with Gasteiger partial charge in [-0.1, -0.05) is 6.92 Å². The zero-order valence-corrected chi connectivity index (χ0v) is 8.70. The van der Waals surface area contributed by atoms with Crippen LogP contribution in [-0.4, -0.2) is 11.0 Å². The van der Waals surface area contributed by atoms with Crippen LogP contribution in [0.4, 0.5) is 5.69 Å². The lowest BCUT2D eigenvalue weighted by atomic mass is 10.1. The van der Waals surface area contributed by atoms with Crippen LogP contribution >= 0.6 is 0 Å². The largest absolute Gasteiger partial charge is 0.379 e. The fraction of sp³-hybridized carbons (Fsp3) is 0.333. The molecule has 1 rings (SSSR count). The van der Waals surface area contributed by atoms with E-state index in [1.807, 2.05) is 12.1 Å². The maximum atomic E-state index is 8.84. The third kappa shape index (κ3) is 3.00. The molecule has 0 spiro atoms. The summed E-state index contributed by atoms with van der Waals surface area (Å²) < 4.78 is 0. The molecular formula is C12H13N3. The molecule has 0 saturated carbocycles. The molecule has 0 aromatic carbocycles. The summed E-state index contributed by atoms with van der Waals surface area (Å²) in [6.45, 7) is 2.05. The highest BCUT2D eigenvalue weighted by atomic mass is 14.9. The van der Waals surface area contributed by atoms with E-state index in [0.29, 0.717) is 12.1 Å². The van der Waals surface area contributed by atoms with Gasteiger partial charge >= 0.3 is 0 Å². The van der Waals surface area contributed by atoms with E-state index in [4.69, 9.17) is 11.7 Å². The third-order valence-electron chi connectivity index (χ3n) is 2.13. The van der Waals surface area contributed by atoms with Crippen LogP contribution in [0.25, 0.3) is 0 Å². The first-order valence-electron chi connectivity index (χ1n) is 4.87. The van der Waals surface area contributed by atoms with E-state index < -0.39 is 0 Å². The monoisotopic (exact) mass is 199 g/mol. The highest BCUT2D eigenvalue weighted by Crippen LogP contribution is 2.14. The second-order valence-electron chi connectivity index (χ2n) is 3.17. The quantitative estimate of drug-likeness (QED) is 0.756. The summed E-state index contributed by atoms with van der Waals surface area (Å²) in [5, 5.41) is 12.1. The van der Waals surface area contributed by atoms with Crippen molar-refractivity contribution >= 4 is 5.69 Å². The van der Waals surface area contributed by atoms with E-state index in [1.165, 1.54) is 0 Å². The first-order chi connectivity index (χ1) is 7.31. The van der Waals surface area contributed by atoms with Gasteiger partial charge in [0.2, 0.25) is 0 Å². The van der Waals surface area contributed by atoms with Gasteiger partial charge in [-0.25, -0.2) is 4.98 Å². The van der Waals surface area contributed by atoms with Crippen LogP contribution in [0.15, 0.2) is 18.3 Å². The first-order valence-corrected chi connectivity index (χ1v) is 4.87. The number of nitriles is 1. The molecule has 3 nitrogen and oxygen atoms in total. The van der Waals surface area contributed by atoms with Gasteiger partial charge in [0.05, 0.1) is 5.69 Å². The number of hydrogen-bond donors (Lipinski definition) is 1. The minimum absolute atomic E-state index is 0.200. The summed E-state index contributed by atoms with van der Waals surface area (Å²) in [5.41, 5.74) is 1.16. The molecule has 1 heterocycles.